The fourth-order valence-electron chi connectivity index (χ4n) is 1.90. The molecule has 0 saturated heterocycles. The van der Waals surface area contributed by atoms with Crippen molar-refractivity contribution in [3.05, 3.63) is 69.7 Å². The molecule has 3 heteroatoms. The summed E-state index contributed by atoms with van der Waals surface area (Å²) in [5.74, 6) is 0.448. The number of benzene rings is 2. The van der Waals surface area contributed by atoms with Crippen LogP contribution in [-0.2, 0) is 6.42 Å². The average Bonchev–Trinajstić information content (AvgIpc) is 2.39. The van der Waals surface area contributed by atoms with Crippen molar-refractivity contribution in [2.75, 3.05) is 5.33 Å². The van der Waals surface area contributed by atoms with Crippen LogP contribution in [0.15, 0.2) is 48.5 Å². The highest BCUT2D eigenvalue weighted by atomic mass is 79.9. The topological polar surface area (TPSA) is 0 Å². The average molecular weight is 344 g/mol. The number of hydrogen-bond donors (Lipinski definition) is 0. The van der Waals surface area contributed by atoms with Crippen LogP contribution in [-0.4, -0.2) is 5.33 Å². The van der Waals surface area contributed by atoms with Crippen LogP contribution in [0.4, 0.5) is 0 Å². The Labute approximate surface area is 126 Å². The van der Waals surface area contributed by atoms with Gasteiger partial charge in [0.05, 0.1) is 0 Å². The molecule has 0 bridgehead atoms. The molecule has 0 aliphatic carbocycles. The van der Waals surface area contributed by atoms with E-state index in [2.05, 4.69) is 40.2 Å². The van der Waals surface area contributed by atoms with E-state index in [-0.39, 0.29) is 0 Å². The highest BCUT2D eigenvalue weighted by Crippen LogP contribution is 2.25. The Morgan fingerprint density at radius 1 is 0.833 bits per heavy atom. The van der Waals surface area contributed by atoms with Crippen LogP contribution in [0.1, 0.15) is 17.0 Å². The van der Waals surface area contributed by atoms with Crippen molar-refractivity contribution >= 4 is 39.1 Å². The Morgan fingerprint density at radius 2 is 1.33 bits per heavy atom. The standard InChI is InChI=1S/C15H13BrCl2/c16-10-13(12-3-7-15(18)8-4-12)9-11-1-5-14(17)6-2-11/h1-8,13H,9-10H2. The quantitative estimate of drug-likeness (QED) is 0.623. The molecule has 0 radical (unpaired) electrons. The summed E-state index contributed by atoms with van der Waals surface area (Å²) in [6, 6.07) is 16.1. The van der Waals surface area contributed by atoms with Gasteiger partial charge in [0.1, 0.15) is 0 Å². The van der Waals surface area contributed by atoms with Crippen molar-refractivity contribution in [2.24, 2.45) is 0 Å². The van der Waals surface area contributed by atoms with Gasteiger partial charge in [-0.1, -0.05) is 63.4 Å². The van der Waals surface area contributed by atoms with Crippen molar-refractivity contribution in [1.29, 1.82) is 0 Å². The molecule has 2 aromatic carbocycles. The van der Waals surface area contributed by atoms with Gasteiger partial charge in [-0.05, 0) is 47.7 Å². The molecule has 0 amide bonds. The van der Waals surface area contributed by atoms with Gasteiger partial charge >= 0.3 is 0 Å². The number of rotatable bonds is 4. The van der Waals surface area contributed by atoms with Gasteiger partial charge in [-0.3, -0.25) is 0 Å². The lowest BCUT2D eigenvalue weighted by Crippen LogP contribution is -2.04. The normalized spacial score (nSPS) is 12.4. The molecule has 0 heterocycles. The molecule has 0 fully saturated rings. The Morgan fingerprint density at radius 3 is 1.83 bits per heavy atom. The second kappa shape index (κ2) is 6.60. The summed E-state index contributed by atoms with van der Waals surface area (Å²) >= 11 is 15.4. The second-order valence-electron chi connectivity index (χ2n) is 4.23. The van der Waals surface area contributed by atoms with E-state index in [1.54, 1.807) is 0 Å². The van der Waals surface area contributed by atoms with Gasteiger partial charge in [-0.15, -0.1) is 0 Å². The van der Waals surface area contributed by atoms with Crippen molar-refractivity contribution in [3.8, 4) is 0 Å². The summed E-state index contributed by atoms with van der Waals surface area (Å²) in [4.78, 5) is 0. The van der Waals surface area contributed by atoms with Gasteiger partial charge in [0, 0.05) is 15.4 Å². The highest BCUT2D eigenvalue weighted by Gasteiger charge is 2.11. The van der Waals surface area contributed by atoms with E-state index in [0.29, 0.717) is 5.92 Å². The Bertz CT molecular complexity index is 491. The van der Waals surface area contributed by atoms with E-state index in [4.69, 9.17) is 23.2 Å². The molecule has 2 rings (SSSR count). The highest BCUT2D eigenvalue weighted by molar-refractivity contribution is 9.09. The minimum Gasteiger partial charge on any atom is -0.0921 e. The second-order valence-corrected chi connectivity index (χ2v) is 5.75. The van der Waals surface area contributed by atoms with Crippen LogP contribution in [0.3, 0.4) is 0 Å². The summed E-state index contributed by atoms with van der Waals surface area (Å²) in [7, 11) is 0. The Hall–Kier alpha value is -0.500. The van der Waals surface area contributed by atoms with E-state index in [0.717, 1.165) is 21.8 Å². The zero-order valence-electron chi connectivity index (χ0n) is 9.74. The van der Waals surface area contributed by atoms with Crippen LogP contribution in [0.5, 0.6) is 0 Å². The maximum Gasteiger partial charge on any atom is 0.0406 e. The molecule has 0 N–H and O–H groups in total. The first-order valence-corrected chi connectivity index (χ1v) is 7.62. The molecule has 0 aliphatic heterocycles. The molecule has 1 unspecified atom stereocenters. The lowest BCUT2D eigenvalue weighted by Gasteiger charge is -2.14. The first-order valence-electron chi connectivity index (χ1n) is 5.75. The van der Waals surface area contributed by atoms with E-state index in [9.17, 15) is 0 Å². The number of alkyl halides is 1. The SMILES string of the molecule is Clc1ccc(CC(CBr)c2ccc(Cl)cc2)cc1. The summed E-state index contributed by atoms with van der Waals surface area (Å²) in [5.41, 5.74) is 2.59. The fourth-order valence-corrected chi connectivity index (χ4v) is 2.76. The lowest BCUT2D eigenvalue weighted by molar-refractivity contribution is 0.776. The largest absolute Gasteiger partial charge is 0.0921 e. The molecular formula is C15H13BrCl2. The van der Waals surface area contributed by atoms with Gasteiger partial charge in [0.2, 0.25) is 0 Å². The van der Waals surface area contributed by atoms with Crippen LogP contribution in [0, 0.1) is 0 Å². The van der Waals surface area contributed by atoms with Gasteiger partial charge in [0.15, 0.2) is 0 Å². The van der Waals surface area contributed by atoms with Crippen molar-refractivity contribution in [1.82, 2.24) is 0 Å². The zero-order chi connectivity index (χ0) is 13.0. The third kappa shape index (κ3) is 3.74. The zero-order valence-corrected chi connectivity index (χ0v) is 12.8. The predicted molar refractivity (Wildman–Crippen MR) is 83.1 cm³/mol. The summed E-state index contributed by atoms with van der Waals surface area (Å²) in [6.07, 6.45) is 0.990. The Kier molecular flexibility index (Phi) is 5.11. The molecule has 1 atom stereocenters. The van der Waals surface area contributed by atoms with E-state index in [1.807, 2.05) is 24.3 Å². The van der Waals surface area contributed by atoms with Crippen LogP contribution >= 0.6 is 39.1 Å². The molecule has 0 nitrogen and oxygen atoms in total. The minimum absolute atomic E-state index is 0.448. The van der Waals surface area contributed by atoms with Crippen molar-refractivity contribution in [3.63, 3.8) is 0 Å². The third-order valence-electron chi connectivity index (χ3n) is 2.92. The summed E-state index contributed by atoms with van der Waals surface area (Å²) in [5, 5.41) is 2.48. The molecule has 2 aromatic rings. The van der Waals surface area contributed by atoms with Gasteiger partial charge < -0.3 is 0 Å². The molecule has 0 saturated carbocycles. The van der Waals surface area contributed by atoms with E-state index in [1.165, 1.54) is 11.1 Å². The smallest absolute Gasteiger partial charge is 0.0406 e. The van der Waals surface area contributed by atoms with Crippen LogP contribution in [0.25, 0.3) is 0 Å². The van der Waals surface area contributed by atoms with E-state index < -0.39 is 0 Å². The third-order valence-corrected chi connectivity index (χ3v) is 4.21. The molecule has 0 aliphatic rings. The predicted octanol–water partition coefficient (Wildman–Crippen LogP) is 5.71. The van der Waals surface area contributed by atoms with Crippen LogP contribution in [0.2, 0.25) is 10.0 Å². The first kappa shape index (κ1) is 13.9. The maximum absolute atomic E-state index is 5.91. The number of hydrogen-bond acceptors (Lipinski definition) is 0. The molecule has 94 valence electrons. The van der Waals surface area contributed by atoms with Crippen molar-refractivity contribution in [2.45, 2.75) is 12.3 Å². The summed E-state index contributed by atoms with van der Waals surface area (Å²) < 4.78 is 0. The molecule has 0 spiro atoms. The monoisotopic (exact) mass is 342 g/mol. The lowest BCUT2D eigenvalue weighted by atomic mass is 9.94. The fraction of sp³-hybridized carbons (Fsp3) is 0.200. The maximum atomic E-state index is 5.91. The minimum atomic E-state index is 0.448. The summed E-state index contributed by atoms with van der Waals surface area (Å²) in [6.45, 7) is 0. The molecular weight excluding hydrogens is 331 g/mol. The van der Waals surface area contributed by atoms with Crippen molar-refractivity contribution < 1.29 is 0 Å². The van der Waals surface area contributed by atoms with Crippen LogP contribution < -0.4 is 0 Å². The van der Waals surface area contributed by atoms with E-state index >= 15 is 0 Å². The Balaban J connectivity index is 2.14. The van der Waals surface area contributed by atoms with Gasteiger partial charge in [-0.25, -0.2) is 0 Å². The first-order chi connectivity index (χ1) is 8.69. The molecule has 0 aromatic heterocycles. The molecule has 18 heavy (non-hydrogen) atoms. The van der Waals surface area contributed by atoms with Gasteiger partial charge in [-0.2, -0.15) is 0 Å². The number of halogens is 3. The van der Waals surface area contributed by atoms with Gasteiger partial charge in [0.25, 0.3) is 0 Å².